The fourth-order valence-corrected chi connectivity index (χ4v) is 4.24. The van der Waals surface area contributed by atoms with Gasteiger partial charge in [0.15, 0.2) is 0 Å². The van der Waals surface area contributed by atoms with Crippen molar-refractivity contribution >= 4 is 17.8 Å². The lowest BCUT2D eigenvalue weighted by molar-refractivity contribution is -0.155. The Morgan fingerprint density at radius 3 is 2.29 bits per heavy atom. The summed E-state index contributed by atoms with van der Waals surface area (Å²) in [5, 5.41) is 2.45. The summed E-state index contributed by atoms with van der Waals surface area (Å²) in [6.45, 7) is 4.34. The minimum Gasteiger partial charge on any atom is -0.277 e. The molecular weight excluding hydrogens is 268 g/mol. The Labute approximate surface area is 125 Å². The van der Waals surface area contributed by atoms with Crippen molar-refractivity contribution < 1.29 is 14.4 Å². The summed E-state index contributed by atoms with van der Waals surface area (Å²) in [4.78, 5) is 38.9. The zero-order chi connectivity index (χ0) is 15.3. The Balaban J connectivity index is 1.88. The predicted octanol–water partition coefficient (Wildman–Crippen LogP) is 2.59. The van der Waals surface area contributed by atoms with Gasteiger partial charge >= 0.3 is 6.03 Å². The van der Waals surface area contributed by atoms with E-state index in [2.05, 4.69) is 19.2 Å². The van der Waals surface area contributed by atoms with Gasteiger partial charge in [-0.05, 0) is 37.5 Å². The molecule has 2 saturated carbocycles. The van der Waals surface area contributed by atoms with Gasteiger partial charge in [-0.3, -0.25) is 19.8 Å². The Morgan fingerprint density at radius 2 is 1.71 bits per heavy atom. The van der Waals surface area contributed by atoms with Crippen LogP contribution in [0.5, 0.6) is 0 Å². The Morgan fingerprint density at radius 1 is 1.05 bits per heavy atom. The van der Waals surface area contributed by atoms with Gasteiger partial charge in [0.05, 0.1) is 0 Å². The topological polar surface area (TPSA) is 66.5 Å². The molecule has 3 fully saturated rings. The number of carbonyl (C=O) groups is 3. The normalized spacial score (nSPS) is 31.6. The van der Waals surface area contributed by atoms with Crippen LogP contribution in [-0.2, 0) is 9.59 Å². The zero-order valence-electron chi connectivity index (χ0n) is 12.9. The van der Waals surface area contributed by atoms with Crippen LogP contribution in [0, 0.1) is 10.8 Å². The van der Waals surface area contributed by atoms with E-state index in [1.54, 1.807) is 0 Å². The lowest BCUT2D eigenvalue weighted by Crippen LogP contribution is -2.66. The average Bonchev–Trinajstić information content (AvgIpc) is 2.78. The van der Waals surface area contributed by atoms with Crippen LogP contribution in [0.3, 0.4) is 0 Å². The second kappa shape index (κ2) is 4.82. The van der Waals surface area contributed by atoms with Gasteiger partial charge in [-0.2, -0.15) is 0 Å². The first-order chi connectivity index (χ1) is 9.86. The second-order valence-electron chi connectivity index (χ2n) is 7.64. The fourth-order valence-electron chi connectivity index (χ4n) is 4.24. The van der Waals surface area contributed by atoms with Gasteiger partial charge < -0.3 is 0 Å². The van der Waals surface area contributed by atoms with Gasteiger partial charge in [0.1, 0.15) is 5.41 Å². The average molecular weight is 292 g/mol. The molecule has 1 unspecified atom stereocenters. The summed E-state index contributed by atoms with van der Waals surface area (Å²) in [6.07, 6.45) is 6.68. The van der Waals surface area contributed by atoms with Gasteiger partial charge in [-0.1, -0.05) is 33.1 Å². The summed E-state index contributed by atoms with van der Waals surface area (Å²) in [5.41, 5.74) is -0.814. The Bertz CT molecular complexity index is 492. The van der Waals surface area contributed by atoms with E-state index in [-0.39, 0.29) is 23.3 Å². The molecule has 116 valence electrons. The van der Waals surface area contributed by atoms with Crippen LogP contribution < -0.4 is 5.32 Å². The fraction of sp³-hybridized carbons (Fsp3) is 0.812. The molecule has 5 heteroatoms. The molecule has 4 amide bonds. The largest absolute Gasteiger partial charge is 0.331 e. The molecule has 21 heavy (non-hydrogen) atoms. The van der Waals surface area contributed by atoms with Crippen molar-refractivity contribution in [3.8, 4) is 0 Å². The third-order valence-corrected chi connectivity index (χ3v) is 5.52. The maximum Gasteiger partial charge on any atom is 0.331 e. The molecule has 1 aliphatic heterocycles. The summed E-state index contributed by atoms with van der Waals surface area (Å²) in [5.74, 6) is -0.607. The molecule has 1 atom stereocenters. The van der Waals surface area contributed by atoms with E-state index in [0.29, 0.717) is 12.8 Å². The van der Waals surface area contributed by atoms with Gasteiger partial charge in [0.25, 0.3) is 0 Å². The van der Waals surface area contributed by atoms with E-state index in [1.807, 2.05) is 0 Å². The third-order valence-electron chi connectivity index (χ3n) is 5.52. The standard InChI is InChI=1S/C16H24N2O3/c1-15(2)9-6-11(10-15)18-13(20)16(7-4-3-5-8-16)12(19)17-14(18)21/h11H,3-10H2,1-2H3,(H,17,19,21). The third kappa shape index (κ3) is 2.27. The van der Waals surface area contributed by atoms with Crippen molar-refractivity contribution in [2.45, 2.75) is 71.3 Å². The van der Waals surface area contributed by atoms with Crippen LogP contribution in [-0.4, -0.2) is 28.8 Å². The zero-order valence-corrected chi connectivity index (χ0v) is 12.9. The molecular formula is C16H24N2O3. The highest BCUT2D eigenvalue weighted by Crippen LogP contribution is 2.44. The van der Waals surface area contributed by atoms with Crippen LogP contribution in [0.15, 0.2) is 0 Å². The van der Waals surface area contributed by atoms with E-state index >= 15 is 0 Å². The number of amides is 4. The van der Waals surface area contributed by atoms with Crippen molar-refractivity contribution in [2.75, 3.05) is 0 Å². The van der Waals surface area contributed by atoms with E-state index in [9.17, 15) is 14.4 Å². The van der Waals surface area contributed by atoms with Crippen molar-refractivity contribution in [2.24, 2.45) is 10.8 Å². The molecule has 3 aliphatic rings. The predicted molar refractivity (Wildman–Crippen MR) is 77.3 cm³/mol. The SMILES string of the molecule is CC1(C)CCC(N2C(=O)NC(=O)C3(CCCCC3)C2=O)C1. The molecule has 5 nitrogen and oxygen atoms in total. The molecule has 1 heterocycles. The first-order valence-electron chi connectivity index (χ1n) is 8.05. The monoisotopic (exact) mass is 292 g/mol. The number of hydrogen-bond acceptors (Lipinski definition) is 3. The van der Waals surface area contributed by atoms with E-state index in [0.717, 1.165) is 38.5 Å². The second-order valence-corrected chi connectivity index (χ2v) is 7.64. The molecule has 0 aromatic carbocycles. The lowest BCUT2D eigenvalue weighted by Gasteiger charge is -2.43. The van der Waals surface area contributed by atoms with Crippen LogP contribution in [0.25, 0.3) is 0 Å². The molecule has 0 radical (unpaired) electrons. The number of rotatable bonds is 1. The van der Waals surface area contributed by atoms with Crippen LogP contribution in [0.1, 0.15) is 65.2 Å². The molecule has 3 rings (SSSR count). The van der Waals surface area contributed by atoms with Gasteiger partial charge in [0.2, 0.25) is 11.8 Å². The van der Waals surface area contributed by atoms with Crippen LogP contribution >= 0.6 is 0 Å². The summed E-state index contributed by atoms with van der Waals surface area (Å²) in [6, 6.07) is -0.566. The van der Waals surface area contributed by atoms with E-state index < -0.39 is 11.4 Å². The highest BCUT2D eigenvalue weighted by molar-refractivity contribution is 6.19. The number of nitrogens with one attached hydrogen (secondary N) is 1. The van der Waals surface area contributed by atoms with Crippen molar-refractivity contribution in [3.05, 3.63) is 0 Å². The Hall–Kier alpha value is -1.39. The molecule has 1 N–H and O–H groups in total. The summed E-state index contributed by atoms with van der Waals surface area (Å²) >= 11 is 0. The van der Waals surface area contributed by atoms with Gasteiger partial charge in [-0.25, -0.2) is 4.79 Å². The number of urea groups is 1. The first-order valence-corrected chi connectivity index (χ1v) is 8.05. The van der Waals surface area contributed by atoms with Crippen molar-refractivity contribution in [1.29, 1.82) is 0 Å². The highest BCUT2D eigenvalue weighted by Gasteiger charge is 2.56. The van der Waals surface area contributed by atoms with E-state index in [4.69, 9.17) is 0 Å². The Kier molecular flexibility index (Phi) is 3.34. The van der Waals surface area contributed by atoms with Crippen LogP contribution in [0.2, 0.25) is 0 Å². The molecule has 0 aromatic heterocycles. The van der Waals surface area contributed by atoms with Crippen molar-refractivity contribution in [3.63, 3.8) is 0 Å². The molecule has 1 spiro atoms. The maximum absolute atomic E-state index is 13.0. The van der Waals surface area contributed by atoms with E-state index in [1.165, 1.54) is 4.90 Å². The molecule has 0 bridgehead atoms. The van der Waals surface area contributed by atoms with Gasteiger partial charge in [0, 0.05) is 6.04 Å². The number of carbonyl (C=O) groups excluding carboxylic acids is 3. The molecule has 0 aromatic rings. The lowest BCUT2D eigenvalue weighted by atomic mass is 9.71. The minimum atomic E-state index is -0.973. The summed E-state index contributed by atoms with van der Waals surface area (Å²) < 4.78 is 0. The van der Waals surface area contributed by atoms with Crippen LogP contribution in [0.4, 0.5) is 4.79 Å². The molecule has 1 saturated heterocycles. The quantitative estimate of drug-likeness (QED) is 0.755. The summed E-state index contributed by atoms with van der Waals surface area (Å²) in [7, 11) is 0. The molecule has 2 aliphatic carbocycles. The smallest absolute Gasteiger partial charge is 0.277 e. The van der Waals surface area contributed by atoms with Crippen molar-refractivity contribution in [1.82, 2.24) is 10.2 Å². The first kappa shape index (κ1) is 14.5. The maximum atomic E-state index is 13.0. The number of imide groups is 2. The van der Waals surface area contributed by atoms with Gasteiger partial charge in [-0.15, -0.1) is 0 Å². The highest BCUT2D eigenvalue weighted by atomic mass is 16.2. The number of nitrogens with zero attached hydrogens (tertiary/aromatic N) is 1. The minimum absolute atomic E-state index is 0.0561. The number of hydrogen-bond donors (Lipinski definition) is 1. The number of barbiturate groups is 1.